The Morgan fingerprint density at radius 2 is 1.85 bits per heavy atom. The molecule has 6 heteroatoms. The molecular weight excluding hydrogens is 440 g/mol. The third-order valence-corrected chi connectivity index (χ3v) is 7.95. The highest BCUT2D eigenvalue weighted by molar-refractivity contribution is 7.15. The van der Waals surface area contributed by atoms with E-state index in [1.165, 1.54) is 26.6 Å². The van der Waals surface area contributed by atoms with Crippen LogP contribution in [0.15, 0.2) is 48.8 Å². The molecule has 0 bridgehead atoms. The molecule has 1 atom stereocenters. The first-order valence-electron chi connectivity index (χ1n) is 12.5. The smallest absolute Gasteiger partial charge is 0.315 e. The molecule has 0 unspecified atom stereocenters. The first kappa shape index (κ1) is 24.6. The van der Waals surface area contributed by atoms with Crippen LogP contribution in [0, 0.1) is 12.8 Å². The van der Waals surface area contributed by atoms with Crippen molar-refractivity contribution in [3.63, 3.8) is 0 Å². The van der Waals surface area contributed by atoms with Crippen molar-refractivity contribution in [2.24, 2.45) is 5.92 Å². The fraction of sp³-hybridized carbons (Fsp3) is 0.464. The average Bonchev–Trinajstić information content (AvgIpc) is 3.48. The van der Waals surface area contributed by atoms with Crippen LogP contribution in [0.25, 0.3) is 5.00 Å². The molecule has 5 nitrogen and oxygen atoms in total. The molecule has 2 amide bonds. The van der Waals surface area contributed by atoms with Gasteiger partial charge in [-0.25, -0.2) is 4.79 Å². The van der Waals surface area contributed by atoms with Crippen LogP contribution in [0.1, 0.15) is 66.8 Å². The van der Waals surface area contributed by atoms with E-state index in [4.69, 9.17) is 0 Å². The van der Waals surface area contributed by atoms with Gasteiger partial charge in [-0.05, 0) is 61.9 Å². The largest absolute Gasteiger partial charge is 0.334 e. The van der Waals surface area contributed by atoms with Gasteiger partial charge in [0.15, 0.2) is 0 Å². The molecule has 3 aromatic rings. The van der Waals surface area contributed by atoms with E-state index in [1.54, 1.807) is 0 Å². The van der Waals surface area contributed by atoms with Crippen molar-refractivity contribution in [3.05, 3.63) is 75.9 Å². The Morgan fingerprint density at radius 3 is 2.53 bits per heavy atom. The van der Waals surface area contributed by atoms with Crippen molar-refractivity contribution in [1.29, 1.82) is 0 Å². The van der Waals surface area contributed by atoms with Crippen LogP contribution in [-0.4, -0.2) is 28.6 Å². The lowest BCUT2D eigenvalue weighted by Gasteiger charge is -2.28. The minimum absolute atomic E-state index is 0.00834. The van der Waals surface area contributed by atoms with Gasteiger partial charge in [0.1, 0.15) is 5.00 Å². The molecule has 2 aromatic heterocycles. The van der Waals surface area contributed by atoms with E-state index in [2.05, 4.69) is 96.6 Å². The molecule has 3 heterocycles. The molecule has 1 aromatic carbocycles. The maximum atomic E-state index is 13.1. The normalized spacial score (nSPS) is 14.7. The summed E-state index contributed by atoms with van der Waals surface area (Å²) in [6.07, 6.45) is 7.29. The van der Waals surface area contributed by atoms with Gasteiger partial charge in [0.25, 0.3) is 0 Å². The molecule has 0 saturated carbocycles. The van der Waals surface area contributed by atoms with E-state index < -0.39 is 0 Å². The number of aryl methyl sites for hydroxylation is 1. The van der Waals surface area contributed by atoms with Gasteiger partial charge in [-0.1, -0.05) is 50.6 Å². The lowest BCUT2D eigenvalue weighted by Crippen LogP contribution is -2.38. The molecule has 182 valence electrons. The van der Waals surface area contributed by atoms with Crippen LogP contribution in [0.3, 0.4) is 0 Å². The summed E-state index contributed by atoms with van der Waals surface area (Å²) in [5, 5.41) is 7.70. The highest BCUT2D eigenvalue weighted by Gasteiger charge is 2.30. The van der Waals surface area contributed by atoms with E-state index in [-0.39, 0.29) is 12.1 Å². The second-order valence-electron chi connectivity index (χ2n) is 9.77. The van der Waals surface area contributed by atoms with Crippen molar-refractivity contribution in [2.45, 2.75) is 66.1 Å². The minimum Gasteiger partial charge on any atom is -0.334 e. The second-order valence-corrected chi connectivity index (χ2v) is 10.9. The predicted molar refractivity (Wildman–Crippen MR) is 142 cm³/mol. The van der Waals surface area contributed by atoms with Gasteiger partial charge in [0, 0.05) is 42.5 Å². The van der Waals surface area contributed by atoms with Crippen molar-refractivity contribution in [2.75, 3.05) is 13.1 Å². The van der Waals surface area contributed by atoms with Gasteiger partial charge < -0.3 is 15.2 Å². The Bertz CT molecular complexity index is 1070. The molecule has 4 rings (SSSR count). The number of fused-ring (bicyclic) bond motifs is 1. The Balaban J connectivity index is 1.60. The molecule has 0 fully saturated rings. The predicted octanol–water partition coefficient (Wildman–Crippen LogP) is 6.20. The Morgan fingerprint density at radius 1 is 1.12 bits per heavy atom. The number of rotatable bonds is 9. The van der Waals surface area contributed by atoms with E-state index in [0.717, 1.165) is 44.5 Å². The number of hydrogen-bond donors (Lipinski definition) is 2. The molecule has 1 aliphatic rings. The van der Waals surface area contributed by atoms with Crippen LogP contribution in [0.4, 0.5) is 4.79 Å². The first-order chi connectivity index (χ1) is 16.4. The maximum absolute atomic E-state index is 13.1. The standard InChI is InChI=1S/C28H38N4OS/c1-5-31-17-14-23-25(19-31)34-27(32-15-6-7-16-32)26(23)24(13-8-20(2)3)30-28(33)29-18-22-11-9-21(4)10-12-22/h6-7,9-12,15-16,20,24H,5,8,13-14,17-19H2,1-4H3,(H2,29,30,33)/t24-/m1/s1. The summed E-state index contributed by atoms with van der Waals surface area (Å²) in [5.41, 5.74) is 5.10. The number of likely N-dealkylation sites (N-methyl/N-ethyl adjacent to an activating group) is 1. The quantitative estimate of drug-likeness (QED) is 0.385. The van der Waals surface area contributed by atoms with Crippen LogP contribution in [-0.2, 0) is 19.5 Å². The number of aromatic nitrogens is 1. The molecule has 34 heavy (non-hydrogen) atoms. The summed E-state index contributed by atoms with van der Waals surface area (Å²) < 4.78 is 2.23. The van der Waals surface area contributed by atoms with E-state index in [9.17, 15) is 4.79 Å². The zero-order valence-corrected chi connectivity index (χ0v) is 21.8. The fourth-order valence-corrected chi connectivity index (χ4v) is 6.06. The number of carbonyl (C=O) groups excluding carboxylic acids is 1. The van der Waals surface area contributed by atoms with Crippen molar-refractivity contribution >= 4 is 17.4 Å². The number of nitrogens with zero attached hydrogens (tertiary/aromatic N) is 2. The Kier molecular flexibility index (Phi) is 8.11. The van der Waals surface area contributed by atoms with Gasteiger partial charge in [-0.3, -0.25) is 4.90 Å². The van der Waals surface area contributed by atoms with Gasteiger partial charge in [-0.15, -0.1) is 11.3 Å². The molecule has 1 aliphatic heterocycles. The summed E-state index contributed by atoms with van der Waals surface area (Å²) in [6.45, 7) is 12.5. The van der Waals surface area contributed by atoms with Gasteiger partial charge in [-0.2, -0.15) is 0 Å². The lowest BCUT2D eigenvalue weighted by atomic mass is 9.92. The van der Waals surface area contributed by atoms with Crippen LogP contribution in [0.2, 0.25) is 0 Å². The van der Waals surface area contributed by atoms with Gasteiger partial charge >= 0.3 is 6.03 Å². The third kappa shape index (κ3) is 5.91. The molecule has 0 aliphatic carbocycles. The van der Waals surface area contributed by atoms with E-state index in [0.29, 0.717) is 12.5 Å². The zero-order valence-electron chi connectivity index (χ0n) is 20.9. The highest BCUT2D eigenvalue weighted by Crippen LogP contribution is 2.41. The number of carbonyl (C=O) groups is 1. The summed E-state index contributed by atoms with van der Waals surface area (Å²) in [7, 11) is 0. The van der Waals surface area contributed by atoms with Crippen molar-refractivity contribution in [1.82, 2.24) is 20.1 Å². The number of hydrogen-bond acceptors (Lipinski definition) is 3. The monoisotopic (exact) mass is 478 g/mol. The Hall–Kier alpha value is -2.57. The fourth-order valence-electron chi connectivity index (χ4n) is 4.64. The SMILES string of the molecule is CCN1CCc2c(sc(-n3cccc3)c2[C@@H](CCC(C)C)NC(=O)NCc2ccc(C)cc2)C1. The first-order valence-corrected chi connectivity index (χ1v) is 13.4. The summed E-state index contributed by atoms with van der Waals surface area (Å²) in [6, 6.07) is 12.4. The molecule has 0 saturated heterocycles. The molecular formula is C28H38N4OS. The minimum atomic E-state index is -0.0984. The van der Waals surface area contributed by atoms with Crippen LogP contribution < -0.4 is 10.6 Å². The third-order valence-electron chi connectivity index (χ3n) is 6.70. The van der Waals surface area contributed by atoms with Gasteiger partial charge in [0.2, 0.25) is 0 Å². The maximum Gasteiger partial charge on any atom is 0.315 e. The summed E-state index contributed by atoms with van der Waals surface area (Å²) in [5.74, 6) is 0.583. The number of thiophene rings is 1. The number of urea groups is 1. The number of benzene rings is 1. The van der Waals surface area contributed by atoms with E-state index >= 15 is 0 Å². The summed E-state index contributed by atoms with van der Waals surface area (Å²) in [4.78, 5) is 17.0. The number of amides is 2. The Labute approximate surface area is 208 Å². The molecule has 0 radical (unpaired) electrons. The molecule has 2 N–H and O–H groups in total. The van der Waals surface area contributed by atoms with Crippen LogP contribution >= 0.6 is 11.3 Å². The van der Waals surface area contributed by atoms with Crippen LogP contribution in [0.5, 0.6) is 0 Å². The number of nitrogens with one attached hydrogen (secondary N) is 2. The van der Waals surface area contributed by atoms with Crippen molar-refractivity contribution < 1.29 is 4.79 Å². The van der Waals surface area contributed by atoms with Crippen molar-refractivity contribution in [3.8, 4) is 5.00 Å². The van der Waals surface area contributed by atoms with E-state index in [1.807, 2.05) is 11.3 Å². The average molecular weight is 479 g/mol. The van der Waals surface area contributed by atoms with Gasteiger partial charge in [0.05, 0.1) is 6.04 Å². The zero-order chi connectivity index (χ0) is 24.1. The highest BCUT2D eigenvalue weighted by atomic mass is 32.1. The molecule has 0 spiro atoms. The summed E-state index contributed by atoms with van der Waals surface area (Å²) >= 11 is 1.89. The topological polar surface area (TPSA) is 49.3 Å². The second kappa shape index (κ2) is 11.2. The lowest BCUT2D eigenvalue weighted by molar-refractivity contribution is 0.235.